The number of amides is 1. The van der Waals surface area contributed by atoms with Gasteiger partial charge in [0.05, 0.1) is 6.61 Å². The minimum Gasteiger partial charge on any atom is -0.392 e. The third-order valence-electron chi connectivity index (χ3n) is 3.97. The van der Waals surface area contributed by atoms with Gasteiger partial charge in [-0.15, -0.1) is 0 Å². The molecule has 0 aromatic heterocycles. The van der Waals surface area contributed by atoms with Crippen LogP contribution in [-0.2, 0) is 17.9 Å². The molecule has 3 nitrogen and oxygen atoms in total. The summed E-state index contributed by atoms with van der Waals surface area (Å²) >= 11 is 0. The maximum atomic E-state index is 13.2. The average Bonchev–Trinajstić information content (AvgIpc) is 2.47. The molecule has 1 aromatic rings. The second-order valence-electron chi connectivity index (χ2n) is 5.57. The van der Waals surface area contributed by atoms with Gasteiger partial charge in [-0.05, 0) is 36.5 Å². The van der Waals surface area contributed by atoms with Gasteiger partial charge in [0.2, 0.25) is 5.91 Å². The Morgan fingerprint density at radius 3 is 2.75 bits per heavy atom. The van der Waals surface area contributed by atoms with Gasteiger partial charge >= 0.3 is 0 Å². The first-order chi connectivity index (χ1) is 9.69. The summed E-state index contributed by atoms with van der Waals surface area (Å²) in [5.74, 6) is 0.168. The number of nitrogens with one attached hydrogen (secondary N) is 1. The van der Waals surface area contributed by atoms with Crippen LogP contribution in [0.2, 0.25) is 0 Å². The van der Waals surface area contributed by atoms with Crippen molar-refractivity contribution in [3.8, 4) is 0 Å². The summed E-state index contributed by atoms with van der Waals surface area (Å²) in [4.78, 5) is 11.9. The van der Waals surface area contributed by atoms with Crippen molar-refractivity contribution in [1.29, 1.82) is 0 Å². The Morgan fingerprint density at radius 1 is 1.30 bits per heavy atom. The molecule has 0 bridgehead atoms. The third-order valence-corrected chi connectivity index (χ3v) is 3.97. The van der Waals surface area contributed by atoms with Crippen LogP contribution in [0.1, 0.15) is 49.7 Å². The average molecular weight is 279 g/mol. The van der Waals surface area contributed by atoms with Crippen LogP contribution < -0.4 is 5.32 Å². The molecule has 0 spiro atoms. The largest absolute Gasteiger partial charge is 0.392 e. The fourth-order valence-corrected chi connectivity index (χ4v) is 2.79. The van der Waals surface area contributed by atoms with E-state index in [4.69, 9.17) is 5.11 Å². The van der Waals surface area contributed by atoms with Crippen molar-refractivity contribution in [2.24, 2.45) is 5.92 Å². The van der Waals surface area contributed by atoms with E-state index in [1.165, 1.54) is 25.3 Å². The minimum absolute atomic E-state index is 0.0618. The SMILES string of the molecule is O=C(CC1CCCCC1)NCc1ccc(F)c(CO)c1. The van der Waals surface area contributed by atoms with Crippen molar-refractivity contribution >= 4 is 5.91 Å². The van der Waals surface area contributed by atoms with Gasteiger partial charge in [0, 0.05) is 18.5 Å². The topological polar surface area (TPSA) is 49.3 Å². The molecule has 1 saturated carbocycles. The van der Waals surface area contributed by atoms with Gasteiger partial charge in [-0.25, -0.2) is 4.39 Å². The van der Waals surface area contributed by atoms with Gasteiger partial charge in [-0.1, -0.05) is 25.3 Å². The predicted octanol–water partition coefficient (Wildman–Crippen LogP) is 2.90. The van der Waals surface area contributed by atoms with E-state index in [-0.39, 0.29) is 18.1 Å². The molecule has 1 aliphatic carbocycles. The van der Waals surface area contributed by atoms with Crippen molar-refractivity contribution in [3.05, 3.63) is 35.1 Å². The molecule has 0 radical (unpaired) electrons. The summed E-state index contributed by atoms with van der Waals surface area (Å²) in [5, 5.41) is 11.9. The summed E-state index contributed by atoms with van der Waals surface area (Å²) in [6.07, 6.45) is 6.65. The highest BCUT2D eigenvalue weighted by Crippen LogP contribution is 2.26. The normalized spacial score (nSPS) is 16.1. The number of hydrogen-bond acceptors (Lipinski definition) is 2. The van der Waals surface area contributed by atoms with Gasteiger partial charge < -0.3 is 10.4 Å². The van der Waals surface area contributed by atoms with Gasteiger partial charge in [0.25, 0.3) is 0 Å². The Kier molecular flexibility index (Phi) is 5.53. The van der Waals surface area contributed by atoms with E-state index in [0.717, 1.165) is 18.4 Å². The number of rotatable bonds is 5. The second kappa shape index (κ2) is 7.39. The monoisotopic (exact) mass is 279 g/mol. The zero-order valence-corrected chi connectivity index (χ0v) is 11.7. The number of aliphatic hydroxyl groups is 1. The highest BCUT2D eigenvalue weighted by atomic mass is 19.1. The maximum absolute atomic E-state index is 13.2. The molecule has 0 heterocycles. The van der Waals surface area contributed by atoms with Crippen molar-refractivity contribution in [2.45, 2.75) is 51.7 Å². The van der Waals surface area contributed by atoms with Crippen molar-refractivity contribution in [3.63, 3.8) is 0 Å². The zero-order chi connectivity index (χ0) is 14.4. The van der Waals surface area contributed by atoms with Crippen molar-refractivity contribution in [1.82, 2.24) is 5.32 Å². The van der Waals surface area contributed by atoms with Crippen LogP contribution in [0, 0.1) is 11.7 Å². The fraction of sp³-hybridized carbons (Fsp3) is 0.562. The lowest BCUT2D eigenvalue weighted by Crippen LogP contribution is -2.26. The Labute approximate surface area is 119 Å². The van der Waals surface area contributed by atoms with Crippen LogP contribution in [0.3, 0.4) is 0 Å². The van der Waals surface area contributed by atoms with Gasteiger partial charge in [-0.2, -0.15) is 0 Å². The summed E-state index contributed by atoms with van der Waals surface area (Å²) in [6, 6.07) is 4.56. The summed E-state index contributed by atoms with van der Waals surface area (Å²) in [6.45, 7) is 0.0640. The molecule has 110 valence electrons. The van der Waals surface area contributed by atoms with Crippen LogP contribution in [0.4, 0.5) is 4.39 Å². The summed E-state index contributed by atoms with van der Waals surface area (Å²) in [7, 11) is 0. The molecule has 0 saturated heterocycles. The first-order valence-corrected chi connectivity index (χ1v) is 7.34. The highest BCUT2D eigenvalue weighted by molar-refractivity contribution is 5.76. The van der Waals surface area contributed by atoms with Gasteiger partial charge in [0.15, 0.2) is 0 Å². The number of halogens is 1. The Balaban J connectivity index is 1.80. The number of hydrogen-bond donors (Lipinski definition) is 2. The molecular formula is C16H22FNO2. The minimum atomic E-state index is -0.412. The lowest BCUT2D eigenvalue weighted by molar-refractivity contribution is -0.122. The third kappa shape index (κ3) is 4.30. The molecule has 1 fully saturated rings. The molecule has 1 aliphatic rings. The van der Waals surface area contributed by atoms with E-state index in [2.05, 4.69) is 5.32 Å². The highest BCUT2D eigenvalue weighted by Gasteiger charge is 2.16. The van der Waals surface area contributed by atoms with Crippen LogP contribution in [0.5, 0.6) is 0 Å². The number of benzene rings is 1. The zero-order valence-electron chi connectivity index (χ0n) is 11.7. The van der Waals surface area contributed by atoms with Crippen LogP contribution in [0.15, 0.2) is 18.2 Å². The molecule has 1 aromatic carbocycles. The molecular weight excluding hydrogens is 257 g/mol. The van der Waals surface area contributed by atoms with E-state index in [0.29, 0.717) is 18.9 Å². The molecule has 0 unspecified atom stereocenters. The predicted molar refractivity (Wildman–Crippen MR) is 75.4 cm³/mol. The van der Waals surface area contributed by atoms with E-state index >= 15 is 0 Å². The molecule has 0 aliphatic heterocycles. The lowest BCUT2D eigenvalue weighted by atomic mass is 9.87. The Morgan fingerprint density at radius 2 is 2.05 bits per heavy atom. The smallest absolute Gasteiger partial charge is 0.220 e. The molecule has 0 atom stereocenters. The van der Waals surface area contributed by atoms with Gasteiger partial charge in [-0.3, -0.25) is 4.79 Å². The standard InChI is InChI=1S/C16H22FNO2/c17-15-7-6-13(8-14(15)11-19)10-18-16(20)9-12-4-2-1-3-5-12/h6-8,12,19H,1-5,9-11H2,(H,18,20). The summed E-state index contributed by atoms with van der Waals surface area (Å²) in [5.41, 5.74) is 1.08. The van der Waals surface area contributed by atoms with E-state index in [1.807, 2.05) is 0 Å². The first kappa shape index (κ1) is 15.0. The lowest BCUT2D eigenvalue weighted by Gasteiger charge is -2.20. The first-order valence-electron chi connectivity index (χ1n) is 7.34. The molecule has 4 heteroatoms. The summed E-state index contributed by atoms with van der Waals surface area (Å²) < 4.78 is 13.2. The molecule has 1 amide bonds. The van der Waals surface area contributed by atoms with E-state index in [9.17, 15) is 9.18 Å². The van der Waals surface area contributed by atoms with Gasteiger partial charge in [0.1, 0.15) is 5.82 Å². The fourth-order valence-electron chi connectivity index (χ4n) is 2.79. The van der Waals surface area contributed by atoms with E-state index < -0.39 is 5.82 Å². The number of carbonyl (C=O) groups is 1. The van der Waals surface area contributed by atoms with Crippen molar-refractivity contribution < 1.29 is 14.3 Å². The van der Waals surface area contributed by atoms with Crippen molar-refractivity contribution in [2.75, 3.05) is 0 Å². The molecule has 2 rings (SSSR count). The Bertz CT molecular complexity index is 456. The Hall–Kier alpha value is -1.42. The molecule has 20 heavy (non-hydrogen) atoms. The van der Waals surface area contributed by atoms with Crippen LogP contribution >= 0.6 is 0 Å². The second-order valence-corrected chi connectivity index (χ2v) is 5.57. The van der Waals surface area contributed by atoms with E-state index in [1.54, 1.807) is 12.1 Å². The maximum Gasteiger partial charge on any atom is 0.220 e. The quantitative estimate of drug-likeness (QED) is 0.870. The molecule has 2 N–H and O–H groups in total. The van der Waals surface area contributed by atoms with Crippen LogP contribution in [0.25, 0.3) is 0 Å². The number of carbonyl (C=O) groups excluding carboxylic acids is 1. The van der Waals surface area contributed by atoms with Crippen LogP contribution in [-0.4, -0.2) is 11.0 Å². The number of aliphatic hydroxyl groups excluding tert-OH is 1.